The number of benzene rings is 1. The topological polar surface area (TPSA) is 355 Å². The summed E-state index contributed by atoms with van der Waals surface area (Å²) in [6, 6.07) is -2.43. The maximum absolute atomic E-state index is 14.4. The summed E-state index contributed by atoms with van der Waals surface area (Å²) >= 11 is 0. The number of phenolic OH excluding ortho intramolecular Hbond substituents is 1. The average Bonchev–Trinajstić information content (AvgIpc) is 3.98. The number of aromatic amines is 1. The van der Waals surface area contributed by atoms with Crippen LogP contribution in [0.2, 0.25) is 0 Å². The van der Waals surface area contributed by atoms with Crippen molar-refractivity contribution in [1.82, 2.24) is 57.4 Å². The third-order valence-corrected chi connectivity index (χ3v) is 11.2. The Morgan fingerprint density at radius 2 is 1.50 bits per heavy atom. The quantitative estimate of drug-likeness (QED) is 0.0278. The number of H-pyrrole nitrogens is 1. The first kappa shape index (κ1) is 53.6. The van der Waals surface area contributed by atoms with Gasteiger partial charge in [0.15, 0.2) is 5.96 Å². The molecule has 66 heavy (non-hydrogen) atoms. The van der Waals surface area contributed by atoms with E-state index in [4.69, 9.17) is 11.1 Å². The standard InChI is InChI=1S/C43H67N13O10/c1-7-24(4)35(40(63)53-31(19-27-20-47-22-49-27)41(64)56-17-9-11-32(56)38(61)50-25(5)42(65)66)55-37(60)30(18-26-12-14-28(57)15-13-26)52-39(62)34(23(2)3)54-36(59)29(51-33(58)21-46-6)10-8-16-48-43(44)45/h12-15,20,22-25,29-32,34-35,46,57H,7-11,16-19,21H2,1-6H3,(H,47,49)(H,50,61)(H,51,58)(H,52,62)(H,53,63)(H,54,59)(H,55,60)(H,65,66)(H4,44,45,48)/t24?,25-,29-,30-,31-,32-,34-,35-/m0/s1. The van der Waals surface area contributed by atoms with E-state index in [9.17, 15) is 48.6 Å². The van der Waals surface area contributed by atoms with Gasteiger partial charge in [-0.15, -0.1) is 0 Å². The highest BCUT2D eigenvalue weighted by atomic mass is 16.4. The molecule has 1 fully saturated rings. The number of amides is 7. The van der Waals surface area contributed by atoms with Crippen LogP contribution in [0.5, 0.6) is 5.75 Å². The van der Waals surface area contributed by atoms with E-state index in [1.54, 1.807) is 53.1 Å². The monoisotopic (exact) mass is 926 g/mol. The number of hydrogen-bond donors (Lipinski definition) is 13. The number of imidazole rings is 1. The summed E-state index contributed by atoms with van der Waals surface area (Å²) in [6.45, 7) is 8.52. The van der Waals surface area contributed by atoms with Crippen LogP contribution in [-0.4, -0.2) is 147 Å². The number of likely N-dealkylation sites (N-methyl/N-ethyl adjacent to an activating group) is 1. The molecule has 0 aliphatic carbocycles. The first-order chi connectivity index (χ1) is 31.2. The summed E-state index contributed by atoms with van der Waals surface area (Å²) in [6.07, 6.45) is 4.30. The number of hydrogen-bond acceptors (Lipinski definition) is 12. The molecule has 0 saturated carbocycles. The van der Waals surface area contributed by atoms with E-state index in [0.29, 0.717) is 30.5 Å². The van der Waals surface area contributed by atoms with E-state index in [0.717, 1.165) is 0 Å². The summed E-state index contributed by atoms with van der Waals surface area (Å²) in [5.41, 5.74) is 6.32. The molecular formula is C43H67N13O10. The third kappa shape index (κ3) is 16.7. The molecule has 2 aromatic rings. The zero-order valence-corrected chi connectivity index (χ0v) is 38.4. The number of nitrogens with one attached hydrogen (secondary N) is 10. The Balaban J connectivity index is 1.91. The second-order valence-corrected chi connectivity index (χ2v) is 16.8. The molecule has 23 nitrogen and oxygen atoms in total. The predicted octanol–water partition coefficient (Wildman–Crippen LogP) is -1.91. The van der Waals surface area contributed by atoms with Crippen LogP contribution in [-0.2, 0) is 51.2 Å². The molecule has 0 bridgehead atoms. The molecule has 23 heteroatoms. The lowest BCUT2D eigenvalue weighted by molar-refractivity contribution is -0.144. The average molecular weight is 926 g/mol. The lowest BCUT2D eigenvalue weighted by Crippen LogP contribution is -2.62. The Morgan fingerprint density at radius 1 is 0.864 bits per heavy atom. The second-order valence-electron chi connectivity index (χ2n) is 16.8. The van der Waals surface area contributed by atoms with Gasteiger partial charge in [0, 0.05) is 32.1 Å². The zero-order valence-electron chi connectivity index (χ0n) is 38.4. The molecule has 1 aromatic carbocycles. The fourth-order valence-electron chi connectivity index (χ4n) is 7.23. The minimum atomic E-state index is -1.35. The number of carboxylic acid groups (broad SMARTS) is 1. The van der Waals surface area contributed by atoms with Crippen molar-refractivity contribution >= 4 is 53.3 Å². The summed E-state index contributed by atoms with van der Waals surface area (Å²) in [5.74, 6) is -7.26. The molecule has 8 atom stereocenters. The predicted molar refractivity (Wildman–Crippen MR) is 241 cm³/mol. The molecular weight excluding hydrogens is 859 g/mol. The molecule has 1 aromatic heterocycles. The van der Waals surface area contributed by atoms with Gasteiger partial charge in [0.2, 0.25) is 41.4 Å². The number of carboxylic acids is 1. The van der Waals surface area contributed by atoms with Crippen molar-refractivity contribution in [3.8, 4) is 5.75 Å². The van der Waals surface area contributed by atoms with E-state index in [2.05, 4.69) is 52.5 Å². The highest BCUT2D eigenvalue weighted by molar-refractivity contribution is 5.98. The Morgan fingerprint density at radius 3 is 2.09 bits per heavy atom. The summed E-state index contributed by atoms with van der Waals surface area (Å²) in [7, 11) is 1.57. The number of aliphatic carboxylic acids is 1. The van der Waals surface area contributed by atoms with Crippen LogP contribution in [0, 0.1) is 17.2 Å². The number of aromatic nitrogens is 2. The second kappa shape index (κ2) is 26.2. The molecule has 14 N–H and O–H groups in total. The fourth-order valence-corrected chi connectivity index (χ4v) is 7.23. The van der Waals surface area contributed by atoms with Crippen molar-refractivity contribution in [2.45, 2.75) is 122 Å². The van der Waals surface area contributed by atoms with Crippen molar-refractivity contribution in [3.05, 3.63) is 48.0 Å². The molecule has 3 rings (SSSR count). The van der Waals surface area contributed by atoms with Gasteiger partial charge >= 0.3 is 5.97 Å². The maximum atomic E-state index is 14.4. The van der Waals surface area contributed by atoms with Crippen molar-refractivity contribution in [3.63, 3.8) is 0 Å². The lowest BCUT2D eigenvalue weighted by atomic mass is 9.96. The van der Waals surface area contributed by atoms with Crippen LogP contribution in [0.4, 0.5) is 0 Å². The molecule has 1 aliphatic rings. The van der Waals surface area contributed by atoms with Crippen molar-refractivity contribution in [2.24, 2.45) is 17.6 Å². The number of aromatic hydroxyl groups is 1. The van der Waals surface area contributed by atoms with Gasteiger partial charge in [-0.1, -0.05) is 46.2 Å². The van der Waals surface area contributed by atoms with E-state index in [-0.39, 0.29) is 57.0 Å². The highest BCUT2D eigenvalue weighted by Crippen LogP contribution is 2.21. The zero-order chi connectivity index (χ0) is 49.1. The van der Waals surface area contributed by atoms with Gasteiger partial charge in [0.05, 0.1) is 18.6 Å². The van der Waals surface area contributed by atoms with E-state index in [1.165, 1.54) is 30.3 Å². The first-order valence-corrected chi connectivity index (χ1v) is 22.1. The smallest absolute Gasteiger partial charge is 0.325 e. The summed E-state index contributed by atoms with van der Waals surface area (Å²) < 4.78 is 0. The van der Waals surface area contributed by atoms with Crippen LogP contribution in [0.25, 0.3) is 0 Å². The van der Waals surface area contributed by atoms with Crippen molar-refractivity contribution in [1.29, 1.82) is 5.41 Å². The van der Waals surface area contributed by atoms with Gasteiger partial charge in [-0.3, -0.25) is 43.8 Å². The molecule has 364 valence electrons. The van der Waals surface area contributed by atoms with Gasteiger partial charge in [0.1, 0.15) is 48.0 Å². The Kier molecular flexibility index (Phi) is 21.3. The van der Waals surface area contributed by atoms with Gasteiger partial charge in [-0.25, -0.2) is 4.98 Å². The van der Waals surface area contributed by atoms with Gasteiger partial charge in [-0.2, -0.15) is 0 Å². The summed E-state index contributed by atoms with van der Waals surface area (Å²) in [4.78, 5) is 116. The number of phenols is 1. The number of carbonyl (C=O) groups is 8. The number of carbonyl (C=O) groups excluding carboxylic acids is 7. The number of nitrogens with two attached hydrogens (primary N) is 1. The molecule has 7 amide bonds. The number of nitrogens with zero attached hydrogens (tertiary/aromatic N) is 2. The van der Waals surface area contributed by atoms with Gasteiger partial charge < -0.3 is 68.4 Å². The normalized spacial score (nSPS) is 16.6. The van der Waals surface area contributed by atoms with Crippen LogP contribution in [0.15, 0.2) is 36.8 Å². The fraction of sp³-hybridized carbons (Fsp3) is 0.581. The van der Waals surface area contributed by atoms with E-state index < -0.39 is 101 Å². The van der Waals surface area contributed by atoms with E-state index in [1.807, 2.05) is 0 Å². The SMILES string of the molecule is CCC(C)[C@H](NC(=O)[C@H](Cc1ccc(O)cc1)NC(=O)[C@@H](NC(=O)[C@H](CCCNC(=N)N)NC(=O)CNC)C(C)C)C(=O)N[C@@H](Cc1c[nH]cn1)C(=O)N1CCC[C@H]1C(=O)N[C@@H](C)C(=O)O. The molecule has 2 heterocycles. The number of rotatable bonds is 26. The molecule has 1 saturated heterocycles. The lowest BCUT2D eigenvalue weighted by Gasteiger charge is -2.32. The van der Waals surface area contributed by atoms with Crippen LogP contribution in [0.3, 0.4) is 0 Å². The van der Waals surface area contributed by atoms with Crippen LogP contribution < -0.4 is 48.3 Å². The molecule has 0 spiro atoms. The third-order valence-electron chi connectivity index (χ3n) is 11.2. The van der Waals surface area contributed by atoms with Gasteiger partial charge in [0.25, 0.3) is 0 Å². The molecule has 1 aliphatic heterocycles. The minimum Gasteiger partial charge on any atom is -0.508 e. The molecule has 0 radical (unpaired) electrons. The van der Waals surface area contributed by atoms with Crippen molar-refractivity contribution in [2.75, 3.05) is 26.7 Å². The Bertz CT molecular complexity index is 1980. The minimum absolute atomic E-state index is 0.0389. The maximum Gasteiger partial charge on any atom is 0.325 e. The largest absolute Gasteiger partial charge is 0.508 e. The number of likely N-dealkylation sites (tertiary alicyclic amines) is 1. The van der Waals surface area contributed by atoms with Crippen molar-refractivity contribution < 1.29 is 48.6 Å². The Labute approximate surface area is 383 Å². The first-order valence-electron chi connectivity index (χ1n) is 22.1. The van der Waals surface area contributed by atoms with E-state index >= 15 is 0 Å². The Hall–Kier alpha value is -6.78. The summed E-state index contributed by atoms with van der Waals surface area (Å²) in [5, 5.41) is 48.1. The molecule has 1 unspecified atom stereocenters. The van der Waals surface area contributed by atoms with Crippen LogP contribution in [0.1, 0.15) is 78.0 Å². The highest BCUT2D eigenvalue weighted by Gasteiger charge is 2.40. The number of guanidine groups is 1. The van der Waals surface area contributed by atoms with Crippen LogP contribution >= 0.6 is 0 Å². The van der Waals surface area contributed by atoms with Gasteiger partial charge in [-0.05, 0) is 69.2 Å².